The van der Waals surface area contributed by atoms with Gasteiger partial charge < -0.3 is 0 Å². The summed E-state index contributed by atoms with van der Waals surface area (Å²) in [5, 5.41) is 0. The quantitative estimate of drug-likeness (QED) is 0.417. The third-order valence-electron chi connectivity index (χ3n) is 1.19. The van der Waals surface area contributed by atoms with Gasteiger partial charge in [-0.3, -0.25) is 0 Å². The maximum absolute atomic E-state index is 2.34. The second kappa shape index (κ2) is 11.3. The Hall–Kier alpha value is 1.77. The Balaban J connectivity index is 0. The molecule has 0 nitrogen and oxygen atoms in total. The van der Waals surface area contributed by atoms with Crippen LogP contribution in [0.5, 0.6) is 0 Å². The van der Waals surface area contributed by atoms with Gasteiger partial charge in [0, 0.05) is 0 Å². The Kier molecular flexibility index (Phi) is 14.6. The Bertz CT molecular complexity index is 80.9. The van der Waals surface area contributed by atoms with Crippen LogP contribution in [0.1, 0.15) is 55.4 Å². The fraction of sp³-hybridized carbons (Fsp3) is 1.00. The van der Waals surface area contributed by atoms with Gasteiger partial charge in [-0.15, -0.1) is 0 Å². The van der Waals surface area contributed by atoms with Crippen LogP contribution in [0.25, 0.3) is 0 Å². The van der Waals surface area contributed by atoms with Crippen molar-refractivity contribution in [2.45, 2.75) is 69.9 Å². The molecule has 0 aliphatic heterocycles. The monoisotopic (exact) mass is 590 g/mol. The zero-order valence-electron chi connectivity index (χ0n) is 11.2. The van der Waals surface area contributed by atoms with Crippen molar-refractivity contribution in [3.63, 3.8) is 0 Å². The van der Waals surface area contributed by atoms with E-state index in [0.717, 1.165) is 14.5 Å². The van der Waals surface area contributed by atoms with Gasteiger partial charge in [0.2, 0.25) is 0 Å². The average Bonchev–Trinajstić information content (AvgIpc) is 1.79. The van der Waals surface area contributed by atoms with Crippen molar-refractivity contribution in [3.05, 3.63) is 0 Å². The number of rotatable bonds is 4. The molecule has 0 heterocycles. The molecule has 86 valence electrons. The van der Waals surface area contributed by atoms with E-state index in [9.17, 15) is 0 Å². The van der Waals surface area contributed by atoms with Gasteiger partial charge >= 0.3 is 116 Å². The van der Waals surface area contributed by atoms with Gasteiger partial charge in [-0.2, -0.15) is 0 Å². The van der Waals surface area contributed by atoms with Gasteiger partial charge in [0.05, 0.1) is 0 Å². The topological polar surface area (TPSA) is 0 Å². The van der Waals surface area contributed by atoms with Crippen LogP contribution in [0.4, 0.5) is 0 Å². The molecule has 2 radical (unpaired) electrons. The summed E-state index contributed by atoms with van der Waals surface area (Å²) in [6.07, 6.45) is 0. The molecule has 0 aliphatic carbocycles. The van der Waals surface area contributed by atoms with Crippen molar-refractivity contribution in [1.82, 2.24) is 0 Å². The van der Waals surface area contributed by atoms with E-state index in [0.29, 0.717) is 0 Å². The number of hydrogen-bond acceptors (Lipinski definition) is 0. The summed E-state index contributed by atoms with van der Waals surface area (Å²) in [5.41, 5.74) is 0. The summed E-state index contributed by atoms with van der Waals surface area (Å²) in [5.74, 6) is 0. The molecule has 0 amide bonds. The van der Waals surface area contributed by atoms with E-state index < -0.39 is 0 Å². The Morgan fingerprint density at radius 3 is 0.571 bits per heavy atom. The second-order valence-electron chi connectivity index (χ2n) is 4.67. The maximum atomic E-state index is 2.34. The molecule has 0 bridgehead atoms. The molecule has 0 aromatic heterocycles. The van der Waals surface area contributed by atoms with E-state index in [1.165, 1.54) is 0 Å². The van der Waals surface area contributed by atoms with Gasteiger partial charge in [-0.25, -0.2) is 0 Å². The van der Waals surface area contributed by atoms with E-state index >= 15 is 0 Å². The molecule has 0 saturated carbocycles. The zero-order valence-corrected chi connectivity index (χ0v) is 18.2. The van der Waals surface area contributed by atoms with Crippen molar-refractivity contribution in [3.8, 4) is 0 Å². The standard InChI is InChI=1S/4C3H7.2Bi/c4*1-3-2;;/h4*3H,1-2H3;;. The summed E-state index contributed by atoms with van der Waals surface area (Å²) in [7, 11) is 0. The van der Waals surface area contributed by atoms with Crippen LogP contribution in [0.15, 0.2) is 0 Å². The molecule has 0 aliphatic rings. The minimum atomic E-state index is -0.0432. The molecule has 0 aromatic carbocycles. The van der Waals surface area contributed by atoms with E-state index in [4.69, 9.17) is 0 Å². The van der Waals surface area contributed by atoms with Crippen molar-refractivity contribution in [1.29, 1.82) is 0 Å². The summed E-state index contributed by atoms with van der Waals surface area (Å²) in [6.45, 7) is 18.8. The molecule has 0 rings (SSSR count). The SMILES string of the molecule is C[CH](C)[Bi][CH](C)C.C[CH](C)[Bi][CH](C)C. The summed E-state index contributed by atoms with van der Waals surface area (Å²) in [6, 6.07) is 0. The van der Waals surface area contributed by atoms with Gasteiger partial charge in [0.15, 0.2) is 0 Å². The van der Waals surface area contributed by atoms with Crippen LogP contribution in [0.2, 0.25) is 14.5 Å². The first-order valence-electron chi connectivity index (χ1n) is 5.65. The van der Waals surface area contributed by atoms with Crippen LogP contribution in [0.3, 0.4) is 0 Å². The predicted molar refractivity (Wildman–Crippen MR) is 71.9 cm³/mol. The molecule has 0 atom stereocenters. The zero-order chi connectivity index (χ0) is 11.7. The first kappa shape index (κ1) is 18.1. The van der Waals surface area contributed by atoms with Crippen LogP contribution < -0.4 is 0 Å². The van der Waals surface area contributed by atoms with Gasteiger partial charge in [0.1, 0.15) is 0 Å². The summed E-state index contributed by atoms with van der Waals surface area (Å²) in [4.78, 5) is 0. The molecule has 14 heavy (non-hydrogen) atoms. The Morgan fingerprint density at radius 2 is 0.571 bits per heavy atom. The van der Waals surface area contributed by atoms with Crippen LogP contribution >= 0.6 is 0 Å². The summed E-state index contributed by atoms with van der Waals surface area (Å²) >= 11 is -0.0864. The van der Waals surface area contributed by atoms with E-state index in [-0.39, 0.29) is 46.5 Å². The third-order valence-corrected chi connectivity index (χ3v) is 10.5. The molecule has 0 unspecified atom stereocenters. The fourth-order valence-electron chi connectivity index (χ4n) is 1.19. The molecular weight excluding hydrogens is 562 g/mol. The summed E-state index contributed by atoms with van der Waals surface area (Å²) < 4.78 is 4.22. The predicted octanol–water partition coefficient (Wildman–Crippen LogP) is 4.69. The average molecular weight is 590 g/mol. The van der Waals surface area contributed by atoms with Gasteiger partial charge in [0.25, 0.3) is 0 Å². The third kappa shape index (κ3) is 23.5. The molecule has 0 aromatic rings. The number of hydrogen-bond donors (Lipinski definition) is 0. The Morgan fingerprint density at radius 1 is 0.429 bits per heavy atom. The van der Waals surface area contributed by atoms with Crippen molar-refractivity contribution < 1.29 is 0 Å². The van der Waals surface area contributed by atoms with Crippen molar-refractivity contribution >= 4 is 46.5 Å². The van der Waals surface area contributed by atoms with E-state index in [2.05, 4.69) is 55.4 Å². The second-order valence-corrected chi connectivity index (χ2v) is 23.1. The normalized spacial score (nSPS) is 11.1. The first-order valence-corrected chi connectivity index (χ1v) is 13.7. The molecule has 0 fully saturated rings. The Labute approximate surface area is 115 Å². The van der Waals surface area contributed by atoms with Crippen LogP contribution in [-0.4, -0.2) is 46.5 Å². The van der Waals surface area contributed by atoms with E-state index in [1.807, 2.05) is 0 Å². The van der Waals surface area contributed by atoms with E-state index in [1.54, 1.807) is 0 Å². The molecule has 0 N–H and O–H groups in total. The molecular formula is C12H28Bi2. The van der Waals surface area contributed by atoms with Crippen molar-refractivity contribution in [2.75, 3.05) is 0 Å². The van der Waals surface area contributed by atoms with Gasteiger partial charge in [-0.1, -0.05) is 0 Å². The van der Waals surface area contributed by atoms with Crippen LogP contribution in [0, 0.1) is 0 Å². The molecule has 0 spiro atoms. The van der Waals surface area contributed by atoms with Crippen molar-refractivity contribution in [2.24, 2.45) is 0 Å². The minimum absolute atomic E-state index is 0.0432. The molecule has 2 heteroatoms. The molecule has 0 saturated heterocycles. The fourth-order valence-corrected chi connectivity index (χ4v) is 10.5. The van der Waals surface area contributed by atoms with Crippen LogP contribution in [-0.2, 0) is 0 Å². The van der Waals surface area contributed by atoms with Gasteiger partial charge in [-0.05, 0) is 0 Å². The first-order chi connectivity index (χ1) is 6.25.